The predicted octanol–water partition coefficient (Wildman–Crippen LogP) is 4.29. The number of fused-ring (bicyclic) bond motifs is 5. The summed E-state index contributed by atoms with van der Waals surface area (Å²) < 4.78 is 11.7. The molecule has 3 aromatic rings. The average Bonchev–Trinajstić information content (AvgIpc) is 3.15. The van der Waals surface area contributed by atoms with Crippen molar-refractivity contribution >= 4 is 22.6 Å². The number of hydrogen-bond acceptors (Lipinski definition) is 4. The van der Waals surface area contributed by atoms with Crippen molar-refractivity contribution in [3.8, 4) is 5.75 Å². The van der Waals surface area contributed by atoms with Crippen molar-refractivity contribution in [2.24, 2.45) is 0 Å². The molecule has 26 heavy (non-hydrogen) atoms. The van der Waals surface area contributed by atoms with E-state index >= 15 is 0 Å². The summed E-state index contributed by atoms with van der Waals surface area (Å²) in [6, 6.07) is 12.2. The largest absolute Gasteiger partial charge is 0.476 e. The minimum atomic E-state index is -0.213. The van der Waals surface area contributed by atoms with E-state index < -0.39 is 0 Å². The van der Waals surface area contributed by atoms with Crippen molar-refractivity contribution in [3.05, 3.63) is 74.1 Å². The Morgan fingerprint density at radius 3 is 2.73 bits per heavy atom. The van der Waals surface area contributed by atoms with Crippen LogP contribution in [0.4, 0.5) is 0 Å². The second-order valence-corrected chi connectivity index (χ2v) is 7.40. The molecule has 1 aromatic heterocycles. The van der Waals surface area contributed by atoms with Gasteiger partial charge in [0.15, 0.2) is 0 Å². The van der Waals surface area contributed by atoms with Gasteiger partial charge in [-0.05, 0) is 36.5 Å². The van der Waals surface area contributed by atoms with E-state index in [1.165, 1.54) is 5.56 Å². The Hall–Kier alpha value is -2.30. The van der Waals surface area contributed by atoms with E-state index in [4.69, 9.17) is 20.8 Å². The molecule has 132 valence electrons. The maximum absolute atomic E-state index is 12.4. The lowest BCUT2D eigenvalue weighted by molar-refractivity contribution is 0.0890. The van der Waals surface area contributed by atoms with Gasteiger partial charge in [0.1, 0.15) is 18.1 Å². The lowest BCUT2D eigenvalue weighted by atomic mass is 10.0. The number of ether oxygens (including phenoxy) is 1. The summed E-state index contributed by atoms with van der Waals surface area (Å²) in [4.78, 5) is 14.6. The molecular weight excluding hydrogens is 350 g/mol. The Labute approximate surface area is 155 Å². The first kappa shape index (κ1) is 15.9. The van der Waals surface area contributed by atoms with Gasteiger partial charge in [-0.3, -0.25) is 4.90 Å². The fourth-order valence-corrected chi connectivity index (χ4v) is 4.37. The Morgan fingerprint density at radius 2 is 1.88 bits per heavy atom. The molecule has 0 atom stereocenters. The van der Waals surface area contributed by atoms with Crippen molar-refractivity contribution in [1.29, 1.82) is 0 Å². The predicted molar refractivity (Wildman–Crippen MR) is 101 cm³/mol. The smallest absolute Gasteiger partial charge is 0.339 e. The molecular formula is C21H18ClNO3. The molecule has 0 spiro atoms. The van der Waals surface area contributed by atoms with Gasteiger partial charge in [0, 0.05) is 24.0 Å². The minimum absolute atomic E-state index is 0.213. The van der Waals surface area contributed by atoms with Crippen molar-refractivity contribution in [1.82, 2.24) is 4.90 Å². The average molecular weight is 368 g/mol. The summed E-state index contributed by atoms with van der Waals surface area (Å²) >= 11 is 6.51. The highest BCUT2D eigenvalue weighted by molar-refractivity contribution is 6.33. The van der Waals surface area contributed by atoms with E-state index in [1.807, 2.05) is 24.3 Å². The molecule has 1 aliphatic carbocycles. The molecule has 0 amide bonds. The van der Waals surface area contributed by atoms with Gasteiger partial charge in [0.05, 0.1) is 10.6 Å². The van der Waals surface area contributed by atoms with Crippen LogP contribution in [0.1, 0.15) is 28.7 Å². The Balaban J connectivity index is 1.61. The Kier molecular flexibility index (Phi) is 3.76. The first-order valence-electron chi connectivity index (χ1n) is 8.90. The SMILES string of the molecule is O=c1oc2c3c(c(Cl)cc2c2c1CCC2)OCN(Cc1ccccc1)C3. The maximum atomic E-state index is 12.4. The second kappa shape index (κ2) is 6.15. The van der Waals surface area contributed by atoms with Crippen LogP contribution >= 0.6 is 11.6 Å². The summed E-state index contributed by atoms with van der Waals surface area (Å²) in [5.74, 6) is 0.643. The van der Waals surface area contributed by atoms with Crippen LogP contribution in [-0.4, -0.2) is 11.6 Å². The normalized spacial score (nSPS) is 16.3. The van der Waals surface area contributed by atoms with Gasteiger partial charge >= 0.3 is 5.63 Å². The van der Waals surface area contributed by atoms with Crippen molar-refractivity contribution < 1.29 is 9.15 Å². The Bertz CT molecular complexity index is 1060. The summed E-state index contributed by atoms with van der Waals surface area (Å²) in [6.07, 6.45) is 2.69. The van der Waals surface area contributed by atoms with Gasteiger partial charge in [0.2, 0.25) is 0 Å². The van der Waals surface area contributed by atoms with Crippen LogP contribution < -0.4 is 10.4 Å². The van der Waals surface area contributed by atoms with Crippen LogP contribution in [0.3, 0.4) is 0 Å². The summed E-state index contributed by atoms with van der Waals surface area (Å²) in [5, 5.41) is 1.56. The van der Waals surface area contributed by atoms with Gasteiger partial charge < -0.3 is 9.15 Å². The third kappa shape index (κ3) is 2.52. The first-order valence-corrected chi connectivity index (χ1v) is 9.27. The molecule has 0 radical (unpaired) electrons. The number of rotatable bonds is 2. The van der Waals surface area contributed by atoms with Gasteiger partial charge in [-0.1, -0.05) is 41.9 Å². The van der Waals surface area contributed by atoms with Gasteiger partial charge in [-0.25, -0.2) is 4.79 Å². The topological polar surface area (TPSA) is 42.7 Å². The number of hydrogen-bond donors (Lipinski definition) is 0. The molecule has 2 aromatic carbocycles. The molecule has 5 heteroatoms. The first-order chi connectivity index (χ1) is 12.7. The number of nitrogens with zero attached hydrogens (tertiary/aromatic N) is 1. The Morgan fingerprint density at radius 1 is 1.08 bits per heavy atom. The van der Waals surface area contributed by atoms with Crippen molar-refractivity contribution in [2.45, 2.75) is 32.4 Å². The fraction of sp³-hybridized carbons (Fsp3) is 0.286. The van der Waals surface area contributed by atoms with Crippen LogP contribution in [0.2, 0.25) is 5.02 Å². The van der Waals surface area contributed by atoms with E-state index in [2.05, 4.69) is 17.0 Å². The standard InChI is InChI=1S/C21H18ClNO3/c22-18-9-16-14-7-4-8-15(14)21(24)26-19(16)17-11-23(12-25-20(17)18)10-13-5-2-1-3-6-13/h1-3,5-6,9H,4,7-8,10-12H2. The molecule has 2 aliphatic rings. The van der Waals surface area contributed by atoms with E-state index in [-0.39, 0.29) is 5.63 Å². The van der Waals surface area contributed by atoms with Gasteiger partial charge in [-0.15, -0.1) is 0 Å². The molecule has 4 nitrogen and oxygen atoms in total. The van der Waals surface area contributed by atoms with Crippen LogP contribution in [0.25, 0.3) is 11.0 Å². The lowest BCUT2D eigenvalue weighted by Gasteiger charge is -2.30. The molecule has 0 unspecified atom stereocenters. The fourth-order valence-electron chi connectivity index (χ4n) is 4.10. The zero-order chi connectivity index (χ0) is 17.7. The highest BCUT2D eigenvalue weighted by Gasteiger charge is 2.28. The summed E-state index contributed by atoms with van der Waals surface area (Å²) in [6.45, 7) is 1.87. The van der Waals surface area contributed by atoms with Gasteiger partial charge in [-0.2, -0.15) is 0 Å². The van der Waals surface area contributed by atoms with Crippen LogP contribution in [-0.2, 0) is 25.9 Å². The maximum Gasteiger partial charge on any atom is 0.339 e. The minimum Gasteiger partial charge on any atom is -0.476 e. The highest BCUT2D eigenvalue weighted by Crippen LogP contribution is 2.41. The van der Waals surface area contributed by atoms with Crippen LogP contribution in [0.15, 0.2) is 45.6 Å². The second-order valence-electron chi connectivity index (χ2n) is 6.99. The van der Waals surface area contributed by atoms with Crippen LogP contribution in [0, 0.1) is 0 Å². The molecule has 0 N–H and O–H groups in total. The number of halogens is 1. The van der Waals surface area contributed by atoms with Crippen molar-refractivity contribution in [3.63, 3.8) is 0 Å². The van der Waals surface area contributed by atoms with Crippen LogP contribution in [0.5, 0.6) is 5.75 Å². The third-order valence-corrected chi connectivity index (χ3v) is 5.57. The lowest BCUT2D eigenvalue weighted by Crippen LogP contribution is -2.32. The molecule has 0 saturated heterocycles. The molecule has 0 bridgehead atoms. The van der Waals surface area contributed by atoms with E-state index in [9.17, 15) is 4.79 Å². The third-order valence-electron chi connectivity index (χ3n) is 5.29. The summed E-state index contributed by atoms with van der Waals surface area (Å²) in [7, 11) is 0. The highest BCUT2D eigenvalue weighted by atomic mass is 35.5. The molecule has 0 saturated carbocycles. The monoisotopic (exact) mass is 367 g/mol. The molecule has 0 fully saturated rings. The van der Waals surface area contributed by atoms with Gasteiger partial charge in [0.25, 0.3) is 0 Å². The quantitative estimate of drug-likeness (QED) is 0.634. The molecule has 2 heterocycles. The van der Waals surface area contributed by atoms with Crippen molar-refractivity contribution in [2.75, 3.05) is 6.73 Å². The molecule has 1 aliphatic heterocycles. The zero-order valence-corrected chi connectivity index (χ0v) is 15.0. The van der Waals surface area contributed by atoms with E-state index in [1.54, 1.807) is 0 Å². The molecule has 5 rings (SSSR count). The zero-order valence-electron chi connectivity index (χ0n) is 14.3. The number of benzene rings is 2. The van der Waals surface area contributed by atoms with E-state index in [0.717, 1.165) is 47.9 Å². The summed E-state index contributed by atoms with van der Waals surface area (Å²) in [5.41, 5.74) is 4.42. The van der Waals surface area contributed by atoms with E-state index in [0.29, 0.717) is 29.6 Å². The number of aryl methyl sites for hydroxylation is 1.